The lowest BCUT2D eigenvalue weighted by molar-refractivity contribution is -0.0208. The summed E-state index contributed by atoms with van der Waals surface area (Å²) in [5, 5.41) is 3.70. The van der Waals surface area contributed by atoms with E-state index in [1.807, 2.05) is 0 Å². The van der Waals surface area contributed by atoms with Gasteiger partial charge in [0.05, 0.1) is 7.11 Å². The zero-order chi connectivity index (χ0) is 13.6. The highest BCUT2D eigenvalue weighted by molar-refractivity contribution is 5.43. The number of benzene rings is 1. The molecule has 0 radical (unpaired) electrons. The molecule has 1 aromatic carbocycles. The lowest BCUT2D eigenvalue weighted by Gasteiger charge is -2.61. The standard InChI is InChI=1S/C17H25NO/c1-5-18-16-14-8-6-11-10-12(19-4)7-9-13(11)15(14)17(16,2)3/h7,9-10,14-16,18H,5-6,8H2,1-4H3. The molecule has 1 aromatic rings. The van der Waals surface area contributed by atoms with Gasteiger partial charge in [-0.05, 0) is 59.9 Å². The second-order valence-corrected chi connectivity index (χ2v) is 6.60. The van der Waals surface area contributed by atoms with Crippen molar-refractivity contribution >= 4 is 0 Å². The second kappa shape index (κ2) is 4.52. The third-order valence-electron chi connectivity index (χ3n) is 5.32. The van der Waals surface area contributed by atoms with Gasteiger partial charge in [0.2, 0.25) is 0 Å². The first kappa shape index (κ1) is 13.0. The van der Waals surface area contributed by atoms with Crippen molar-refractivity contribution in [1.29, 1.82) is 0 Å². The quantitative estimate of drug-likeness (QED) is 0.898. The molecule has 3 rings (SSSR count). The fraction of sp³-hybridized carbons (Fsp3) is 0.647. The molecule has 2 aliphatic carbocycles. The number of hydrogen-bond donors (Lipinski definition) is 1. The van der Waals surface area contributed by atoms with E-state index in [0.717, 1.165) is 18.2 Å². The van der Waals surface area contributed by atoms with E-state index in [9.17, 15) is 0 Å². The highest BCUT2D eigenvalue weighted by Gasteiger charge is 2.57. The summed E-state index contributed by atoms with van der Waals surface area (Å²) in [5.74, 6) is 2.53. The summed E-state index contributed by atoms with van der Waals surface area (Å²) < 4.78 is 5.36. The average Bonchev–Trinajstić information content (AvgIpc) is 2.42. The number of aryl methyl sites for hydroxylation is 1. The number of hydrogen-bond acceptors (Lipinski definition) is 2. The smallest absolute Gasteiger partial charge is 0.119 e. The molecular weight excluding hydrogens is 234 g/mol. The van der Waals surface area contributed by atoms with E-state index in [0.29, 0.717) is 17.4 Å². The van der Waals surface area contributed by atoms with Crippen molar-refractivity contribution in [3.63, 3.8) is 0 Å². The Hall–Kier alpha value is -1.02. The molecule has 0 saturated heterocycles. The van der Waals surface area contributed by atoms with E-state index in [1.54, 1.807) is 12.7 Å². The van der Waals surface area contributed by atoms with E-state index in [1.165, 1.54) is 18.4 Å². The van der Waals surface area contributed by atoms with Crippen LogP contribution in [-0.4, -0.2) is 19.7 Å². The van der Waals surface area contributed by atoms with Crippen LogP contribution < -0.4 is 10.1 Å². The predicted molar refractivity (Wildman–Crippen MR) is 78.8 cm³/mol. The van der Waals surface area contributed by atoms with Gasteiger partial charge in [-0.1, -0.05) is 26.8 Å². The van der Waals surface area contributed by atoms with Crippen LogP contribution >= 0.6 is 0 Å². The van der Waals surface area contributed by atoms with E-state index < -0.39 is 0 Å². The summed E-state index contributed by atoms with van der Waals surface area (Å²) >= 11 is 0. The lowest BCUT2D eigenvalue weighted by Crippen LogP contribution is -2.63. The van der Waals surface area contributed by atoms with Crippen molar-refractivity contribution in [1.82, 2.24) is 5.32 Å². The minimum Gasteiger partial charge on any atom is -0.497 e. The number of fused-ring (bicyclic) bond motifs is 3. The molecule has 3 unspecified atom stereocenters. The van der Waals surface area contributed by atoms with Crippen LogP contribution in [0.5, 0.6) is 5.75 Å². The maximum Gasteiger partial charge on any atom is 0.119 e. The molecule has 1 N–H and O–H groups in total. The first-order valence-electron chi connectivity index (χ1n) is 7.49. The van der Waals surface area contributed by atoms with Crippen molar-refractivity contribution in [2.24, 2.45) is 11.3 Å². The van der Waals surface area contributed by atoms with E-state index in [2.05, 4.69) is 44.3 Å². The minimum atomic E-state index is 0.366. The van der Waals surface area contributed by atoms with Gasteiger partial charge in [-0.15, -0.1) is 0 Å². The summed E-state index contributed by atoms with van der Waals surface area (Å²) in [5.41, 5.74) is 3.43. The van der Waals surface area contributed by atoms with Gasteiger partial charge in [0.1, 0.15) is 5.75 Å². The third-order valence-corrected chi connectivity index (χ3v) is 5.32. The van der Waals surface area contributed by atoms with E-state index in [-0.39, 0.29) is 0 Å². The van der Waals surface area contributed by atoms with Crippen molar-refractivity contribution in [3.8, 4) is 5.75 Å². The van der Waals surface area contributed by atoms with Gasteiger partial charge >= 0.3 is 0 Å². The summed E-state index contributed by atoms with van der Waals surface area (Å²) in [6, 6.07) is 7.34. The Morgan fingerprint density at radius 1 is 1.37 bits per heavy atom. The summed E-state index contributed by atoms with van der Waals surface area (Å²) in [6.45, 7) is 8.12. The van der Waals surface area contributed by atoms with Crippen LogP contribution in [0.2, 0.25) is 0 Å². The first-order valence-corrected chi connectivity index (χ1v) is 7.49. The van der Waals surface area contributed by atoms with Crippen LogP contribution in [0, 0.1) is 11.3 Å². The number of rotatable bonds is 3. The molecule has 104 valence electrons. The van der Waals surface area contributed by atoms with Gasteiger partial charge in [-0.3, -0.25) is 0 Å². The second-order valence-electron chi connectivity index (χ2n) is 6.60. The van der Waals surface area contributed by atoms with E-state index in [4.69, 9.17) is 4.74 Å². The van der Waals surface area contributed by atoms with Crippen LogP contribution in [0.1, 0.15) is 44.2 Å². The Morgan fingerprint density at radius 3 is 2.84 bits per heavy atom. The molecule has 0 aliphatic heterocycles. The normalized spacial score (nSPS) is 31.1. The fourth-order valence-electron chi connectivity index (χ4n) is 4.52. The van der Waals surface area contributed by atoms with Gasteiger partial charge in [-0.2, -0.15) is 0 Å². The van der Waals surface area contributed by atoms with Crippen LogP contribution in [0.3, 0.4) is 0 Å². The highest BCUT2D eigenvalue weighted by Crippen LogP contribution is 2.60. The average molecular weight is 259 g/mol. The Morgan fingerprint density at radius 2 is 2.16 bits per heavy atom. The maximum atomic E-state index is 5.36. The topological polar surface area (TPSA) is 21.3 Å². The number of ether oxygens (including phenoxy) is 1. The molecule has 0 spiro atoms. The molecule has 2 aliphatic rings. The Bertz CT molecular complexity index is 480. The predicted octanol–water partition coefficient (Wildman–Crippen LogP) is 3.36. The third kappa shape index (κ3) is 1.80. The Kier molecular flexibility index (Phi) is 3.09. The SMILES string of the molecule is CCNC1C2CCc3cc(OC)ccc3C2C1(C)C. The van der Waals surface area contributed by atoms with Crippen molar-refractivity contribution in [2.45, 2.75) is 45.6 Å². The Balaban J connectivity index is 1.93. The fourth-order valence-corrected chi connectivity index (χ4v) is 4.52. The van der Waals surface area contributed by atoms with Crippen LogP contribution in [-0.2, 0) is 6.42 Å². The molecule has 0 heterocycles. The molecule has 1 fully saturated rings. The summed E-state index contributed by atoms with van der Waals surface area (Å²) in [4.78, 5) is 0. The first-order chi connectivity index (χ1) is 9.09. The molecule has 2 nitrogen and oxygen atoms in total. The van der Waals surface area contributed by atoms with E-state index >= 15 is 0 Å². The summed E-state index contributed by atoms with van der Waals surface area (Å²) in [6.07, 6.45) is 2.51. The molecular formula is C17H25NO. The van der Waals surface area contributed by atoms with Gasteiger partial charge in [0.15, 0.2) is 0 Å². The van der Waals surface area contributed by atoms with Gasteiger partial charge < -0.3 is 10.1 Å². The molecule has 0 amide bonds. The monoisotopic (exact) mass is 259 g/mol. The van der Waals surface area contributed by atoms with Gasteiger partial charge in [-0.25, -0.2) is 0 Å². The summed E-state index contributed by atoms with van der Waals surface area (Å²) in [7, 11) is 1.75. The zero-order valence-corrected chi connectivity index (χ0v) is 12.5. The van der Waals surface area contributed by atoms with Crippen molar-refractivity contribution in [2.75, 3.05) is 13.7 Å². The molecule has 2 heteroatoms. The van der Waals surface area contributed by atoms with Crippen LogP contribution in [0.25, 0.3) is 0 Å². The largest absolute Gasteiger partial charge is 0.497 e. The maximum absolute atomic E-state index is 5.36. The zero-order valence-electron chi connectivity index (χ0n) is 12.5. The molecule has 0 bridgehead atoms. The minimum absolute atomic E-state index is 0.366. The Labute approximate surface area is 116 Å². The number of methoxy groups -OCH3 is 1. The molecule has 19 heavy (non-hydrogen) atoms. The van der Waals surface area contributed by atoms with Crippen LogP contribution in [0.4, 0.5) is 0 Å². The highest BCUT2D eigenvalue weighted by atomic mass is 16.5. The van der Waals surface area contributed by atoms with Crippen molar-refractivity contribution < 1.29 is 4.74 Å². The molecule has 3 atom stereocenters. The molecule has 1 saturated carbocycles. The van der Waals surface area contributed by atoms with Crippen molar-refractivity contribution in [3.05, 3.63) is 29.3 Å². The van der Waals surface area contributed by atoms with Gasteiger partial charge in [0, 0.05) is 6.04 Å². The number of nitrogens with one attached hydrogen (secondary N) is 1. The van der Waals surface area contributed by atoms with Gasteiger partial charge in [0.25, 0.3) is 0 Å². The van der Waals surface area contributed by atoms with Crippen LogP contribution in [0.15, 0.2) is 18.2 Å². The lowest BCUT2D eigenvalue weighted by atomic mass is 9.46. The molecule has 0 aromatic heterocycles.